The van der Waals surface area contributed by atoms with Crippen molar-refractivity contribution in [3.05, 3.63) is 48.6 Å². The molecule has 0 bridgehead atoms. The Morgan fingerprint density at radius 2 is 0.900 bits per heavy atom. The minimum absolute atomic E-state index is 0.0641. The summed E-state index contributed by atoms with van der Waals surface area (Å²) in [4.78, 5) is 26.1. The Labute approximate surface area is 372 Å². The van der Waals surface area contributed by atoms with Crippen molar-refractivity contribution in [2.75, 3.05) is 6.61 Å². The van der Waals surface area contributed by atoms with E-state index in [2.05, 4.69) is 50.4 Å². The number of aliphatic hydroxyl groups is 2. The Bertz CT molecular complexity index is 1040. The number of aliphatic hydroxyl groups excluding tert-OH is 2. The molecule has 0 aliphatic rings. The van der Waals surface area contributed by atoms with Crippen molar-refractivity contribution in [3.8, 4) is 0 Å². The minimum atomic E-state index is -0.793. The van der Waals surface area contributed by atoms with Crippen molar-refractivity contribution in [2.24, 2.45) is 0 Å². The van der Waals surface area contributed by atoms with Crippen LogP contribution < -0.4 is 5.32 Å². The second kappa shape index (κ2) is 47.9. The first kappa shape index (κ1) is 57.8. The third-order valence-electron chi connectivity index (χ3n) is 11.8. The Kier molecular flexibility index (Phi) is 46.1. The number of rotatable bonds is 46. The average molecular weight is 842 g/mol. The highest BCUT2D eigenvalue weighted by Gasteiger charge is 2.24. The normalized spacial score (nSPS) is 13.6. The molecule has 1 amide bonds. The first-order valence-corrected chi connectivity index (χ1v) is 25.9. The van der Waals surface area contributed by atoms with Gasteiger partial charge in [-0.05, 0) is 44.9 Å². The SMILES string of the molecule is CC/C=C/C=C/C=C\C=C/CCCCCC(=O)OC(CCCCCCCCCCCCCCC)CC(=O)NC(CO)C(O)CCCCCCCCCCCCCCCCC. The average Bonchev–Trinajstić information content (AvgIpc) is 3.24. The van der Waals surface area contributed by atoms with E-state index in [1.165, 1.54) is 148 Å². The lowest BCUT2D eigenvalue weighted by atomic mass is 10.0. The Hall–Kier alpha value is -2.18. The number of unbranched alkanes of at least 4 members (excludes halogenated alkanes) is 29. The molecule has 350 valence electrons. The molecule has 0 fully saturated rings. The van der Waals surface area contributed by atoms with E-state index >= 15 is 0 Å². The molecule has 3 unspecified atom stereocenters. The van der Waals surface area contributed by atoms with Crippen LogP contribution in [0, 0.1) is 0 Å². The van der Waals surface area contributed by atoms with Gasteiger partial charge in [-0.1, -0.05) is 249 Å². The van der Waals surface area contributed by atoms with Crippen molar-refractivity contribution in [1.82, 2.24) is 5.32 Å². The van der Waals surface area contributed by atoms with Gasteiger partial charge in [-0.2, -0.15) is 0 Å². The maximum Gasteiger partial charge on any atom is 0.306 e. The van der Waals surface area contributed by atoms with Crippen molar-refractivity contribution >= 4 is 11.9 Å². The summed E-state index contributed by atoms with van der Waals surface area (Å²) in [6, 6.07) is -0.708. The molecule has 0 saturated heterocycles. The topological polar surface area (TPSA) is 95.9 Å². The van der Waals surface area contributed by atoms with Gasteiger partial charge >= 0.3 is 5.97 Å². The van der Waals surface area contributed by atoms with Crippen LogP contribution in [0.25, 0.3) is 0 Å². The first-order chi connectivity index (χ1) is 29.5. The van der Waals surface area contributed by atoms with Crippen LogP contribution in [0.1, 0.15) is 258 Å². The molecule has 0 aliphatic carbocycles. The van der Waals surface area contributed by atoms with Crippen LogP contribution in [0.2, 0.25) is 0 Å². The van der Waals surface area contributed by atoms with Gasteiger partial charge < -0.3 is 20.3 Å². The van der Waals surface area contributed by atoms with Gasteiger partial charge in [0.2, 0.25) is 5.91 Å². The number of allylic oxidation sites excluding steroid dienone is 8. The number of amides is 1. The number of hydrogen-bond donors (Lipinski definition) is 3. The maximum absolute atomic E-state index is 13.2. The number of ether oxygens (including phenoxy) is 1. The zero-order valence-electron chi connectivity index (χ0n) is 39.8. The fourth-order valence-corrected chi connectivity index (χ4v) is 7.85. The van der Waals surface area contributed by atoms with Crippen molar-refractivity contribution in [1.29, 1.82) is 0 Å². The van der Waals surface area contributed by atoms with E-state index in [9.17, 15) is 19.8 Å². The summed E-state index contributed by atoms with van der Waals surface area (Å²) in [6.07, 6.45) is 57.4. The molecule has 0 rings (SSSR count). The van der Waals surface area contributed by atoms with Crippen LogP contribution in [0.3, 0.4) is 0 Å². The van der Waals surface area contributed by atoms with Gasteiger partial charge in [0.05, 0.1) is 25.2 Å². The number of esters is 1. The third kappa shape index (κ3) is 42.5. The van der Waals surface area contributed by atoms with Gasteiger partial charge in [0.15, 0.2) is 0 Å². The second-order valence-electron chi connectivity index (χ2n) is 17.6. The highest BCUT2D eigenvalue weighted by Crippen LogP contribution is 2.18. The van der Waals surface area contributed by atoms with Gasteiger partial charge in [-0.25, -0.2) is 0 Å². The van der Waals surface area contributed by atoms with Gasteiger partial charge in [0, 0.05) is 6.42 Å². The Morgan fingerprint density at radius 1 is 0.500 bits per heavy atom. The summed E-state index contributed by atoms with van der Waals surface area (Å²) < 4.78 is 5.91. The van der Waals surface area contributed by atoms with Crippen molar-refractivity contribution < 1.29 is 24.5 Å². The van der Waals surface area contributed by atoms with Crippen LogP contribution in [-0.4, -0.2) is 46.9 Å². The van der Waals surface area contributed by atoms with Crippen molar-refractivity contribution in [3.63, 3.8) is 0 Å². The third-order valence-corrected chi connectivity index (χ3v) is 11.8. The highest BCUT2D eigenvalue weighted by molar-refractivity contribution is 5.77. The molecule has 60 heavy (non-hydrogen) atoms. The molecule has 0 aromatic heterocycles. The summed E-state index contributed by atoms with van der Waals surface area (Å²) in [5.74, 6) is -0.511. The lowest BCUT2D eigenvalue weighted by Gasteiger charge is -2.24. The summed E-state index contributed by atoms with van der Waals surface area (Å²) in [7, 11) is 0. The molecule has 0 spiro atoms. The molecule has 0 aromatic rings. The monoisotopic (exact) mass is 842 g/mol. The number of carbonyl (C=O) groups excluding carboxylic acids is 2. The number of carbonyl (C=O) groups is 2. The van der Waals surface area contributed by atoms with E-state index in [1.54, 1.807) is 0 Å². The molecule has 3 N–H and O–H groups in total. The summed E-state index contributed by atoms with van der Waals surface area (Å²) in [6.45, 7) is 6.35. The Balaban J connectivity index is 4.58. The quantitative estimate of drug-likeness (QED) is 0.0322. The molecule has 0 saturated carbocycles. The molecule has 0 aromatic carbocycles. The predicted octanol–water partition coefficient (Wildman–Crippen LogP) is 15.5. The van der Waals surface area contributed by atoms with Crippen LogP contribution in [0.5, 0.6) is 0 Å². The molecular formula is C54H99NO5. The van der Waals surface area contributed by atoms with Gasteiger partial charge in [-0.15, -0.1) is 0 Å². The number of hydrogen-bond acceptors (Lipinski definition) is 5. The van der Waals surface area contributed by atoms with Crippen LogP contribution in [-0.2, 0) is 14.3 Å². The Morgan fingerprint density at radius 3 is 1.35 bits per heavy atom. The van der Waals surface area contributed by atoms with E-state index in [4.69, 9.17) is 4.74 Å². The zero-order chi connectivity index (χ0) is 43.8. The zero-order valence-corrected chi connectivity index (χ0v) is 39.8. The molecule has 0 heterocycles. The lowest BCUT2D eigenvalue weighted by molar-refractivity contribution is -0.151. The van der Waals surface area contributed by atoms with Crippen LogP contribution in [0.4, 0.5) is 0 Å². The molecule has 6 nitrogen and oxygen atoms in total. The van der Waals surface area contributed by atoms with E-state index in [0.29, 0.717) is 19.3 Å². The van der Waals surface area contributed by atoms with Crippen LogP contribution in [0.15, 0.2) is 48.6 Å². The van der Waals surface area contributed by atoms with E-state index in [-0.39, 0.29) is 24.9 Å². The molecular weight excluding hydrogens is 743 g/mol. The molecule has 0 aliphatic heterocycles. The van der Waals surface area contributed by atoms with Crippen LogP contribution >= 0.6 is 0 Å². The molecule has 6 heteroatoms. The predicted molar refractivity (Wildman–Crippen MR) is 259 cm³/mol. The summed E-state index contributed by atoms with van der Waals surface area (Å²) >= 11 is 0. The van der Waals surface area contributed by atoms with Crippen molar-refractivity contribution in [2.45, 2.75) is 277 Å². The molecule has 3 atom stereocenters. The maximum atomic E-state index is 13.2. The first-order valence-electron chi connectivity index (χ1n) is 25.9. The summed E-state index contributed by atoms with van der Waals surface area (Å²) in [5, 5.41) is 23.8. The largest absolute Gasteiger partial charge is 0.462 e. The summed E-state index contributed by atoms with van der Waals surface area (Å²) in [5.41, 5.74) is 0. The van der Waals surface area contributed by atoms with E-state index < -0.39 is 18.2 Å². The standard InChI is InChI=1S/C54H99NO5/c1-4-7-10-13-16-19-22-25-26-29-31-34-37-40-43-46-52(57)51(49-56)55-53(58)48-50(45-42-39-36-33-30-27-23-20-17-14-11-8-5-2)60-54(59)47-44-41-38-35-32-28-24-21-18-15-12-9-6-3/h9,12,15,18,21,24,28,32,50-52,56-57H,4-8,10-11,13-14,16-17,19-20,22-23,25-27,29-31,33-49H2,1-3H3,(H,55,58)/b12-9+,18-15+,24-21-,32-28-. The van der Waals surface area contributed by atoms with Gasteiger partial charge in [0.25, 0.3) is 0 Å². The molecule has 0 radical (unpaired) electrons. The fraction of sp³-hybridized carbons (Fsp3) is 0.815. The number of nitrogens with one attached hydrogen (secondary N) is 1. The van der Waals surface area contributed by atoms with E-state index in [0.717, 1.165) is 64.2 Å². The smallest absolute Gasteiger partial charge is 0.306 e. The second-order valence-corrected chi connectivity index (χ2v) is 17.6. The van der Waals surface area contributed by atoms with Gasteiger partial charge in [0.1, 0.15) is 6.10 Å². The fourth-order valence-electron chi connectivity index (χ4n) is 7.85. The highest BCUT2D eigenvalue weighted by atomic mass is 16.5. The minimum Gasteiger partial charge on any atom is -0.462 e. The lowest BCUT2D eigenvalue weighted by Crippen LogP contribution is -2.46. The van der Waals surface area contributed by atoms with E-state index in [1.807, 2.05) is 24.3 Å². The van der Waals surface area contributed by atoms with Gasteiger partial charge in [-0.3, -0.25) is 9.59 Å².